The highest BCUT2D eigenvalue weighted by Gasteiger charge is 2.09. The molecule has 0 atom stereocenters. The molecule has 0 aliphatic heterocycles. The van der Waals surface area contributed by atoms with Crippen LogP contribution in [0.4, 0.5) is 4.39 Å². The molecule has 2 rings (SSSR count). The maximum absolute atomic E-state index is 13.2. The Kier molecular flexibility index (Phi) is 4.59. The predicted octanol–water partition coefficient (Wildman–Crippen LogP) is 2.52. The summed E-state index contributed by atoms with van der Waals surface area (Å²) in [5.74, 6) is 0.638. The summed E-state index contributed by atoms with van der Waals surface area (Å²) >= 11 is 0. The van der Waals surface area contributed by atoms with E-state index < -0.39 is 9.84 Å². The van der Waals surface area contributed by atoms with Crippen molar-refractivity contribution in [3.8, 4) is 11.5 Å². The second-order valence-corrected chi connectivity index (χ2v) is 6.65. The zero-order valence-corrected chi connectivity index (χ0v) is 12.4. The number of halogens is 1. The second-order valence-electron chi connectivity index (χ2n) is 4.64. The standard InChI is InChI=1S/C15H16FNO3S/c1-21(18,19)14-5-3-13(4-6-14)20-15-7-2-12(16)10-11(15)8-9-17/h2-7,10H,8-9,17H2,1H3. The fourth-order valence-electron chi connectivity index (χ4n) is 1.88. The fourth-order valence-corrected chi connectivity index (χ4v) is 2.51. The zero-order chi connectivity index (χ0) is 15.5. The number of hydrogen-bond donors (Lipinski definition) is 1. The number of nitrogens with two attached hydrogens (primary N) is 1. The Balaban J connectivity index is 2.26. The summed E-state index contributed by atoms with van der Waals surface area (Å²) < 4.78 is 41.7. The molecule has 2 N–H and O–H groups in total. The third kappa shape index (κ3) is 4.03. The van der Waals surface area contributed by atoms with Crippen LogP contribution in [0.1, 0.15) is 5.56 Å². The summed E-state index contributed by atoms with van der Waals surface area (Å²) in [6, 6.07) is 10.3. The van der Waals surface area contributed by atoms with E-state index in [-0.39, 0.29) is 10.7 Å². The summed E-state index contributed by atoms with van der Waals surface area (Å²) in [4.78, 5) is 0.219. The van der Waals surface area contributed by atoms with Crippen molar-refractivity contribution in [1.29, 1.82) is 0 Å². The van der Waals surface area contributed by atoms with Gasteiger partial charge in [0.05, 0.1) is 4.90 Å². The molecule has 112 valence electrons. The molecule has 6 heteroatoms. The Labute approximate surface area is 123 Å². The van der Waals surface area contributed by atoms with Gasteiger partial charge in [-0.2, -0.15) is 0 Å². The molecule has 4 nitrogen and oxygen atoms in total. The van der Waals surface area contributed by atoms with Crippen LogP contribution in [0.5, 0.6) is 11.5 Å². The molecule has 0 bridgehead atoms. The smallest absolute Gasteiger partial charge is 0.175 e. The first-order chi connectivity index (χ1) is 9.90. The molecular formula is C15H16FNO3S. The third-order valence-corrected chi connectivity index (χ3v) is 4.04. The van der Waals surface area contributed by atoms with Crippen molar-refractivity contribution in [1.82, 2.24) is 0 Å². The molecule has 0 saturated carbocycles. The van der Waals surface area contributed by atoms with Crippen molar-refractivity contribution < 1.29 is 17.5 Å². The molecule has 0 amide bonds. The predicted molar refractivity (Wildman–Crippen MR) is 78.8 cm³/mol. The second kappa shape index (κ2) is 6.24. The Bertz CT molecular complexity index is 727. The topological polar surface area (TPSA) is 69.4 Å². The first kappa shape index (κ1) is 15.5. The minimum atomic E-state index is -3.24. The lowest BCUT2D eigenvalue weighted by Gasteiger charge is -2.11. The van der Waals surface area contributed by atoms with E-state index in [1.165, 1.54) is 30.3 Å². The third-order valence-electron chi connectivity index (χ3n) is 2.92. The highest BCUT2D eigenvalue weighted by Crippen LogP contribution is 2.27. The SMILES string of the molecule is CS(=O)(=O)c1ccc(Oc2ccc(F)cc2CCN)cc1. The normalized spacial score (nSPS) is 11.4. The largest absolute Gasteiger partial charge is 0.457 e. The Morgan fingerprint density at radius 2 is 1.81 bits per heavy atom. The molecule has 0 unspecified atom stereocenters. The number of rotatable bonds is 5. The Hall–Kier alpha value is -1.92. The highest BCUT2D eigenvalue weighted by atomic mass is 32.2. The Morgan fingerprint density at radius 3 is 2.38 bits per heavy atom. The van der Waals surface area contributed by atoms with E-state index in [2.05, 4.69) is 0 Å². The summed E-state index contributed by atoms with van der Waals surface area (Å²) in [5, 5.41) is 0. The van der Waals surface area contributed by atoms with Gasteiger partial charge in [0.1, 0.15) is 17.3 Å². The van der Waals surface area contributed by atoms with Crippen LogP contribution in [0.25, 0.3) is 0 Å². The number of hydrogen-bond acceptors (Lipinski definition) is 4. The first-order valence-corrected chi connectivity index (χ1v) is 8.26. The molecule has 0 fully saturated rings. The van der Waals surface area contributed by atoms with Crippen LogP contribution in [0.15, 0.2) is 47.4 Å². The maximum atomic E-state index is 13.2. The van der Waals surface area contributed by atoms with Crippen molar-refractivity contribution in [3.63, 3.8) is 0 Å². The Morgan fingerprint density at radius 1 is 1.14 bits per heavy atom. The van der Waals surface area contributed by atoms with Crippen molar-refractivity contribution in [3.05, 3.63) is 53.8 Å². The van der Waals surface area contributed by atoms with Crippen LogP contribution in [0, 0.1) is 5.82 Å². The zero-order valence-electron chi connectivity index (χ0n) is 11.5. The van der Waals surface area contributed by atoms with Gasteiger partial charge in [-0.15, -0.1) is 0 Å². The lowest BCUT2D eigenvalue weighted by molar-refractivity contribution is 0.473. The lowest BCUT2D eigenvalue weighted by Crippen LogP contribution is -2.04. The van der Waals surface area contributed by atoms with Crippen LogP contribution in [0.3, 0.4) is 0 Å². The van der Waals surface area contributed by atoms with E-state index in [1.807, 2.05) is 0 Å². The minimum Gasteiger partial charge on any atom is -0.457 e. The van der Waals surface area contributed by atoms with E-state index in [0.29, 0.717) is 30.0 Å². The van der Waals surface area contributed by atoms with E-state index in [4.69, 9.17) is 10.5 Å². The molecule has 0 radical (unpaired) electrons. The van der Waals surface area contributed by atoms with Crippen molar-refractivity contribution in [2.75, 3.05) is 12.8 Å². The molecule has 0 aliphatic rings. The molecule has 0 aliphatic carbocycles. The van der Waals surface area contributed by atoms with E-state index in [1.54, 1.807) is 12.1 Å². The van der Waals surface area contributed by atoms with E-state index in [0.717, 1.165) is 6.26 Å². The van der Waals surface area contributed by atoms with Gasteiger partial charge in [-0.3, -0.25) is 0 Å². The van der Waals surface area contributed by atoms with Crippen LogP contribution in [0.2, 0.25) is 0 Å². The number of ether oxygens (including phenoxy) is 1. The van der Waals surface area contributed by atoms with Crippen LogP contribution >= 0.6 is 0 Å². The number of benzene rings is 2. The van der Waals surface area contributed by atoms with Crippen LogP contribution in [-0.4, -0.2) is 21.2 Å². The van der Waals surface area contributed by atoms with E-state index >= 15 is 0 Å². The highest BCUT2D eigenvalue weighted by molar-refractivity contribution is 7.90. The van der Waals surface area contributed by atoms with E-state index in [9.17, 15) is 12.8 Å². The van der Waals surface area contributed by atoms with Crippen LogP contribution < -0.4 is 10.5 Å². The summed E-state index contributed by atoms with van der Waals surface area (Å²) in [6.45, 7) is 0.382. The molecular weight excluding hydrogens is 293 g/mol. The molecule has 0 heterocycles. The van der Waals surface area contributed by atoms with Gasteiger partial charge >= 0.3 is 0 Å². The average Bonchev–Trinajstić information content (AvgIpc) is 2.42. The van der Waals surface area contributed by atoms with Gasteiger partial charge in [-0.25, -0.2) is 12.8 Å². The first-order valence-electron chi connectivity index (χ1n) is 6.36. The molecule has 0 spiro atoms. The maximum Gasteiger partial charge on any atom is 0.175 e. The van der Waals surface area contributed by atoms with Crippen molar-refractivity contribution in [2.45, 2.75) is 11.3 Å². The lowest BCUT2D eigenvalue weighted by atomic mass is 10.1. The van der Waals surface area contributed by atoms with Gasteiger partial charge in [-0.05, 0) is 61.0 Å². The molecule has 0 saturated heterocycles. The minimum absolute atomic E-state index is 0.219. The summed E-state index contributed by atoms with van der Waals surface area (Å²) in [6.07, 6.45) is 1.64. The van der Waals surface area contributed by atoms with Gasteiger partial charge in [-0.1, -0.05) is 0 Å². The van der Waals surface area contributed by atoms with Gasteiger partial charge in [0.2, 0.25) is 0 Å². The molecule has 2 aromatic rings. The molecule has 2 aromatic carbocycles. The van der Waals surface area contributed by atoms with Gasteiger partial charge < -0.3 is 10.5 Å². The van der Waals surface area contributed by atoms with Crippen molar-refractivity contribution >= 4 is 9.84 Å². The van der Waals surface area contributed by atoms with Gasteiger partial charge in [0, 0.05) is 6.26 Å². The quantitative estimate of drug-likeness (QED) is 0.921. The monoisotopic (exact) mass is 309 g/mol. The fraction of sp³-hybridized carbons (Fsp3) is 0.200. The van der Waals surface area contributed by atoms with Crippen molar-refractivity contribution in [2.24, 2.45) is 5.73 Å². The van der Waals surface area contributed by atoms with Gasteiger partial charge in [0.25, 0.3) is 0 Å². The van der Waals surface area contributed by atoms with Gasteiger partial charge in [0.15, 0.2) is 9.84 Å². The molecule has 21 heavy (non-hydrogen) atoms. The van der Waals surface area contributed by atoms with Crippen LogP contribution in [-0.2, 0) is 16.3 Å². The summed E-state index contributed by atoms with van der Waals surface area (Å²) in [7, 11) is -3.24. The average molecular weight is 309 g/mol. The summed E-state index contributed by atoms with van der Waals surface area (Å²) in [5.41, 5.74) is 6.17. The number of sulfone groups is 1. The molecule has 0 aromatic heterocycles.